The van der Waals surface area contributed by atoms with Gasteiger partial charge >= 0.3 is 0 Å². The van der Waals surface area contributed by atoms with Crippen LogP contribution in [-0.4, -0.2) is 26.5 Å². The first kappa shape index (κ1) is 15.8. The molecule has 134 valence electrons. The van der Waals surface area contributed by atoms with E-state index < -0.39 is 0 Å². The molecule has 1 aliphatic carbocycles. The predicted octanol–water partition coefficient (Wildman–Crippen LogP) is 4.42. The molecule has 1 aromatic carbocycles. The van der Waals surface area contributed by atoms with Gasteiger partial charge in [0.1, 0.15) is 22.9 Å². The molecular weight excluding hydrogens is 338 g/mol. The van der Waals surface area contributed by atoms with E-state index >= 15 is 0 Å². The number of benzene rings is 1. The van der Waals surface area contributed by atoms with Crippen molar-refractivity contribution in [2.45, 2.75) is 18.8 Å². The second kappa shape index (κ2) is 6.39. The molecule has 6 heteroatoms. The Hall–Kier alpha value is -3.41. The fraction of sp³-hybridized carbons (Fsp3) is 0.190. The summed E-state index contributed by atoms with van der Waals surface area (Å²) >= 11 is 0. The van der Waals surface area contributed by atoms with Crippen LogP contribution in [0.4, 0.5) is 11.5 Å². The van der Waals surface area contributed by atoms with E-state index in [4.69, 9.17) is 14.7 Å². The van der Waals surface area contributed by atoms with Crippen LogP contribution in [0, 0.1) is 0 Å². The van der Waals surface area contributed by atoms with Crippen LogP contribution in [0.1, 0.15) is 24.5 Å². The first-order valence-corrected chi connectivity index (χ1v) is 9.02. The molecule has 6 nitrogen and oxygen atoms in total. The van der Waals surface area contributed by atoms with Crippen LogP contribution in [0.15, 0.2) is 61.1 Å². The van der Waals surface area contributed by atoms with Crippen LogP contribution < -0.4 is 10.1 Å². The minimum atomic E-state index is 0.618. The van der Waals surface area contributed by atoms with Crippen LogP contribution >= 0.6 is 0 Å². The molecule has 0 unspecified atom stereocenters. The van der Waals surface area contributed by atoms with E-state index in [1.54, 1.807) is 19.5 Å². The number of aromatic nitrogens is 4. The van der Waals surface area contributed by atoms with E-state index in [1.165, 1.54) is 18.5 Å². The third-order valence-corrected chi connectivity index (χ3v) is 4.77. The van der Waals surface area contributed by atoms with E-state index in [2.05, 4.69) is 20.9 Å². The highest BCUT2D eigenvalue weighted by Crippen LogP contribution is 2.39. The molecule has 1 fully saturated rings. The summed E-state index contributed by atoms with van der Waals surface area (Å²) in [7, 11) is 1.66. The summed E-state index contributed by atoms with van der Waals surface area (Å²) < 4.78 is 7.30. The number of nitrogens with zero attached hydrogens (tertiary/aromatic N) is 4. The van der Waals surface area contributed by atoms with Gasteiger partial charge in [-0.1, -0.05) is 6.07 Å². The van der Waals surface area contributed by atoms with Gasteiger partial charge in [-0.15, -0.1) is 0 Å². The lowest BCUT2D eigenvalue weighted by atomic mass is 10.2. The Bertz CT molecular complexity index is 1100. The lowest BCUT2D eigenvalue weighted by molar-refractivity contribution is 0.415. The number of hydrogen-bond acceptors (Lipinski definition) is 5. The number of imidazole rings is 1. The van der Waals surface area contributed by atoms with E-state index in [0.717, 1.165) is 28.5 Å². The predicted molar refractivity (Wildman–Crippen MR) is 104 cm³/mol. The summed E-state index contributed by atoms with van der Waals surface area (Å²) in [6.07, 6.45) is 8.11. The molecule has 0 bridgehead atoms. The molecule has 1 N–H and O–H groups in total. The number of pyridine rings is 1. The highest BCUT2D eigenvalue weighted by Gasteiger charge is 2.26. The van der Waals surface area contributed by atoms with Gasteiger partial charge in [-0.2, -0.15) is 0 Å². The normalized spacial score (nSPS) is 13.7. The van der Waals surface area contributed by atoms with E-state index in [0.29, 0.717) is 11.7 Å². The molecule has 1 saturated carbocycles. The summed E-state index contributed by atoms with van der Waals surface area (Å²) in [5, 5.41) is 3.29. The first-order chi connectivity index (χ1) is 13.3. The molecule has 0 radical (unpaired) electrons. The largest absolute Gasteiger partial charge is 0.497 e. The molecule has 3 heterocycles. The van der Waals surface area contributed by atoms with Gasteiger partial charge in [-0.05, 0) is 49.2 Å². The zero-order chi connectivity index (χ0) is 18.2. The molecule has 0 amide bonds. The van der Waals surface area contributed by atoms with Crippen molar-refractivity contribution in [3.05, 3.63) is 66.7 Å². The molecule has 1 aliphatic rings. The molecule has 3 aromatic heterocycles. The van der Waals surface area contributed by atoms with E-state index in [1.807, 2.05) is 42.5 Å². The van der Waals surface area contributed by atoms with Gasteiger partial charge in [-0.25, -0.2) is 9.97 Å². The zero-order valence-corrected chi connectivity index (χ0v) is 15.0. The van der Waals surface area contributed by atoms with Crippen molar-refractivity contribution >= 4 is 17.2 Å². The van der Waals surface area contributed by atoms with E-state index in [9.17, 15) is 0 Å². The second-order valence-corrected chi connectivity index (χ2v) is 6.72. The topological polar surface area (TPSA) is 64.3 Å². The van der Waals surface area contributed by atoms with Gasteiger partial charge < -0.3 is 10.1 Å². The van der Waals surface area contributed by atoms with Crippen molar-refractivity contribution in [3.63, 3.8) is 0 Å². The average molecular weight is 357 g/mol. The van der Waals surface area contributed by atoms with Crippen LogP contribution in [0.3, 0.4) is 0 Å². The molecule has 4 aromatic rings. The molecule has 5 rings (SSSR count). The summed E-state index contributed by atoms with van der Waals surface area (Å²) in [4.78, 5) is 13.9. The minimum absolute atomic E-state index is 0.618. The quantitative estimate of drug-likeness (QED) is 0.573. The van der Waals surface area contributed by atoms with E-state index in [-0.39, 0.29) is 0 Å². The molecule has 0 aliphatic heterocycles. The van der Waals surface area contributed by atoms with Crippen molar-refractivity contribution in [1.82, 2.24) is 19.4 Å². The Balaban J connectivity index is 1.48. The van der Waals surface area contributed by atoms with Gasteiger partial charge in [0.05, 0.1) is 30.9 Å². The van der Waals surface area contributed by atoms with Gasteiger partial charge in [0.2, 0.25) is 0 Å². The average Bonchev–Trinajstić information content (AvgIpc) is 3.47. The number of ether oxygens (including phenoxy) is 1. The Morgan fingerprint density at radius 1 is 1.04 bits per heavy atom. The second-order valence-electron chi connectivity index (χ2n) is 6.72. The van der Waals surface area contributed by atoms with Crippen molar-refractivity contribution < 1.29 is 4.74 Å². The maximum atomic E-state index is 5.20. The fourth-order valence-corrected chi connectivity index (χ4v) is 3.19. The van der Waals surface area contributed by atoms with Crippen molar-refractivity contribution in [1.29, 1.82) is 0 Å². The molecule has 0 spiro atoms. The highest BCUT2D eigenvalue weighted by atomic mass is 16.5. The Kier molecular flexibility index (Phi) is 3.74. The maximum absolute atomic E-state index is 5.20. The molecule has 0 atom stereocenters. The Morgan fingerprint density at radius 2 is 1.89 bits per heavy atom. The molecule has 27 heavy (non-hydrogen) atoms. The number of anilines is 2. The van der Waals surface area contributed by atoms with Crippen LogP contribution in [0.2, 0.25) is 0 Å². The minimum Gasteiger partial charge on any atom is -0.497 e. The van der Waals surface area contributed by atoms with Crippen LogP contribution in [-0.2, 0) is 0 Å². The third kappa shape index (κ3) is 3.10. The molecular formula is C21H19N5O. The third-order valence-electron chi connectivity index (χ3n) is 4.77. The molecule has 0 saturated heterocycles. The van der Waals surface area contributed by atoms with Crippen molar-refractivity contribution in [3.8, 4) is 17.1 Å². The van der Waals surface area contributed by atoms with Crippen molar-refractivity contribution in [2.24, 2.45) is 0 Å². The lowest BCUT2D eigenvalue weighted by Gasteiger charge is -2.09. The Labute approximate surface area is 156 Å². The fourth-order valence-electron chi connectivity index (χ4n) is 3.19. The summed E-state index contributed by atoms with van der Waals surface area (Å²) in [6.45, 7) is 0. The van der Waals surface area contributed by atoms with Crippen LogP contribution in [0.5, 0.6) is 5.75 Å². The number of fused-ring (bicyclic) bond motifs is 1. The Morgan fingerprint density at radius 3 is 2.67 bits per heavy atom. The SMILES string of the molecule is COc1ccc(Nc2cncc(-c3cccc4nc(C5CC5)cn34)n2)cc1. The monoisotopic (exact) mass is 357 g/mol. The standard InChI is InChI=1S/C21H19N5O/c1-27-16-9-7-15(8-10-16)23-20-12-22-11-17(24-20)19-3-2-4-21-25-18(13-26(19)21)14-5-6-14/h2-4,7-14H,5-6H2,1H3,(H,23,24). The summed E-state index contributed by atoms with van der Waals surface area (Å²) in [6, 6.07) is 13.8. The maximum Gasteiger partial charge on any atom is 0.149 e. The van der Waals surface area contributed by atoms with Gasteiger partial charge in [0.15, 0.2) is 0 Å². The lowest BCUT2D eigenvalue weighted by Crippen LogP contribution is -1.98. The number of methoxy groups -OCH3 is 1. The van der Waals surface area contributed by atoms with Crippen molar-refractivity contribution in [2.75, 3.05) is 12.4 Å². The zero-order valence-electron chi connectivity index (χ0n) is 15.0. The first-order valence-electron chi connectivity index (χ1n) is 9.02. The number of nitrogens with one attached hydrogen (secondary N) is 1. The van der Waals surface area contributed by atoms with Gasteiger partial charge in [0, 0.05) is 17.8 Å². The van der Waals surface area contributed by atoms with Crippen LogP contribution in [0.25, 0.3) is 17.0 Å². The number of rotatable bonds is 5. The van der Waals surface area contributed by atoms with Gasteiger partial charge in [0.25, 0.3) is 0 Å². The summed E-state index contributed by atoms with van der Waals surface area (Å²) in [5.74, 6) is 2.13. The number of hydrogen-bond donors (Lipinski definition) is 1. The van der Waals surface area contributed by atoms with Gasteiger partial charge in [-0.3, -0.25) is 9.38 Å². The summed E-state index contributed by atoms with van der Waals surface area (Å²) in [5.41, 5.74) is 4.84. The smallest absolute Gasteiger partial charge is 0.149 e. The highest BCUT2D eigenvalue weighted by molar-refractivity contribution is 5.63.